The van der Waals surface area contributed by atoms with Crippen molar-refractivity contribution in [2.24, 2.45) is 0 Å². The van der Waals surface area contributed by atoms with E-state index in [9.17, 15) is 15.0 Å². The molecule has 0 saturated carbocycles. The summed E-state index contributed by atoms with van der Waals surface area (Å²) >= 11 is 0. The lowest BCUT2D eigenvalue weighted by Crippen LogP contribution is -2.58. The van der Waals surface area contributed by atoms with Gasteiger partial charge in [-0.1, -0.05) is 0 Å². The zero-order valence-corrected chi connectivity index (χ0v) is 8.11. The Morgan fingerprint density at radius 3 is 2.33 bits per heavy atom. The normalized spacial score (nSPS) is 41.3. The van der Waals surface area contributed by atoms with Crippen LogP contribution in [0.1, 0.15) is 6.92 Å². The molecule has 0 aromatic heterocycles. The molecule has 0 aromatic carbocycles. The summed E-state index contributed by atoms with van der Waals surface area (Å²) in [6.45, 7) is 0.883. The molecule has 0 aromatic rings. The zero-order valence-electron chi connectivity index (χ0n) is 8.11. The highest BCUT2D eigenvalue weighted by molar-refractivity contribution is 5.65. The van der Waals surface area contributed by atoms with Crippen LogP contribution in [0.15, 0.2) is 0 Å². The van der Waals surface area contributed by atoms with Gasteiger partial charge < -0.3 is 29.9 Å². The Bertz CT molecular complexity index is 231. The summed E-state index contributed by atoms with van der Waals surface area (Å²) in [5.41, 5.74) is 0. The molecular weight excluding hydrogens is 208 g/mol. The molecule has 7 nitrogen and oxygen atoms in total. The number of carbonyl (C=O) groups is 1. The predicted molar refractivity (Wildman–Crippen MR) is 45.5 cm³/mol. The molecule has 1 aliphatic rings. The minimum Gasteiger partial charge on any atom is -0.463 e. The molecule has 0 aliphatic carbocycles. The molecule has 1 fully saturated rings. The van der Waals surface area contributed by atoms with Crippen LogP contribution >= 0.6 is 0 Å². The first kappa shape index (κ1) is 12.3. The second kappa shape index (κ2) is 4.86. The van der Waals surface area contributed by atoms with Gasteiger partial charge in [-0.3, -0.25) is 4.79 Å². The fourth-order valence-electron chi connectivity index (χ4n) is 1.27. The Hall–Kier alpha value is -0.730. The lowest BCUT2D eigenvalue weighted by Gasteiger charge is -2.37. The fourth-order valence-corrected chi connectivity index (χ4v) is 1.27. The number of aliphatic hydroxyl groups excluding tert-OH is 4. The molecule has 7 heteroatoms. The van der Waals surface area contributed by atoms with Gasteiger partial charge in [0.2, 0.25) is 0 Å². The average molecular weight is 222 g/mol. The van der Waals surface area contributed by atoms with Crippen molar-refractivity contribution in [3.05, 3.63) is 0 Å². The van der Waals surface area contributed by atoms with Gasteiger partial charge in [-0.05, 0) is 0 Å². The van der Waals surface area contributed by atoms with Crippen molar-refractivity contribution >= 4 is 5.97 Å². The van der Waals surface area contributed by atoms with Crippen molar-refractivity contribution in [2.45, 2.75) is 37.6 Å². The van der Waals surface area contributed by atoms with Crippen molar-refractivity contribution in [1.82, 2.24) is 0 Å². The number of aliphatic hydroxyl groups is 4. The maximum Gasteiger partial charge on any atom is 0.302 e. The Morgan fingerprint density at radius 1 is 1.20 bits per heavy atom. The molecule has 5 atom stereocenters. The van der Waals surface area contributed by atoms with Crippen molar-refractivity contribution in [3.8, 4) is 0 Å². The topological polar surface area (TPSA) is 116 Å². The first-order chi connectivity index (χ1) is 6.93. The summed E-state index contributed by atoms with van der Waals surface area (Å²) in [5, 5.41) is 36.9. The number of hydrogen-bond donors (Lipinski definition) is 4. The van der Waals surface area contributed by atoms with Crippen LogP contribution in [0.25, 0.3) is 0 Å². The third-order valence-electron chi connectivity index (χ3n) is 2.14. The quantitative estimate of drug-likeness (QED) is 0.377. The number of rotatable bonds is 2. The van der Waals surface area contributed by atoms with E-state index in [1.807, 2.05) is 0 Å². The largest absolute Gasteiger partial charge is 0.463 e. The van der Waals surface area contributed by atoms with E-state index in [4.69, 9.17) is 14.9 Å². The van der Waals surface area contributed by atoms with Crippen LogP contribution in [0.3, 0.4) is 0 Å². The van der Waals surface area contributed by atoms with Crippen LogP contribution in [0.5, 0.6) is 0 Å². The van der Waals surface area contributed by atoms with Gasteiger partial charge >= 0.3 is 5.97 Å². The van der Waals surface area contributed by atoms with Crippen molar-refractivity contribution in [2.75, 3.05) is 6.61 Å². The van der Waals surface area contributed by atoms with Gasteiger partial charge in [-0.25, -0.2) is 0 Å². The van der Waals surface area contributed by atoms with E-state index in [0.29, 0.717) is 0 Å². The number of esters is 1. The Kier molecular flexibility index (Phi) is 4.00. The van der Waals surface area contributed by atoms with Gasteiger partial charge in [-0.2, -0.15) is 0 Å². The summed E-state index contributed by atoms with van der Waals surface area (Å²) in [5.74, 6) is -0.569. The van der Waals surface area contributed by atoms with Crippen molar-refractivity contribution < 1.29 is 34.7 Å². The summed E-state index contributed by atoms with van der Waals surface area (Å²) in [7, 11) is 0. The van der Waals surface area contributed by atoms with Crippen molar-refractivity contribution in [3.63, 3.8) is 0 Å². The molecule has 0 unspecified atom stereocenters. The van der Waals surface area contributed by atoms with E-state index in [2.05, 4.69) is 4.74 Å². The fraction of sp³-hybridized carbons (Fsp3) is 0.875. The van der Waals surface area contributed by atoms with E-state index in [0.717, 1.165) is 0 Å². The van der Waals surface area contributed by atoms with E-state index in [1.165, 1.54) is 6.92 Å². The third kappa shape index (κ3) is 2.86. The molecule has 0 spiro atoms. The highest BCUT2D eigenvalue weighted by atomic mass is 16.6. The summed E-state index contributed by atoms with van der Waals surface area (Å²) in [6, 6.07) is 0. The first-order valence-corrected chi connectivity index (χ1v) is 4.44. The third-order valence-corrected chi connectivity index (χ3v) is 2.14. The summed E-state index contributed by atoms with van der Waals surface area (Å²) in [4.78, 5) is 10.5. The summed E-state index contributed by atoms with van der Waals surface area (Å²) < 4.78 is 9.31. The maximum absolute atomic E-state index is 10.5. The van der Waals surface area contributed by atoms with Crippen molar-refractivity contribution in [1.29, 1.82) is 0 Å². The van der Waals surface area contributed by atoms with Crippen LogP contribution in [-0.4, -0.2) is 63.7 Å². The van der Waals surface area contributed by atoms with Crippen LogP contribution in [-0.2, 0) is 14.3 Å². The zero-order chi connectivity index (χ0) is 11.6. The SMILES string of the molecule is CC(=O)OC[C@@H]1O[C@H](O)[C@H](O)[C@@H](O)[C@@H]1O. The maximum atomic E-state index is 10.5. The van der Waals surface area contributed by atoms with Gasteiger partial charge in [0.25, 0.3) is 0 Å². The molecule has 4 N–H and O–H groups in total. The minimum atomic E-state index is -1.61. The van der Waals surface area contributed by atoms with Gasteiger partial charge in [0.05, 0.1) is 0 Å². The second-order valence-corrected chi connectivity index (χ2v) is 3.34. The van der Waals surface area contributed by atoms with E-state index in [1.54, 1.807) is 0 Å². The average Bonchev–Trinajstić information content (AvgIpc) is 2.18. The molecule has 1 heterocycles. The van der Waals surface area contributed by atoms with Gasteiger partial charge in [0, 0.05) is 6.92 Å². The number of carbonyl (C=O) groups excluding carboxylic acids is 1. The standard InChI is InChI=1S/C8H14O7/c1-3(9)14-2-4-5(10)6(11)7(12)8(13)15-4/h4-8,10-13H,2H2,1H3/t4-,5+,6-,7+,8-/m0/s1. The predicted octanol–water partition coefficient (Wildman–Crippen LogP) is -2.65. The smallest absolute Gasteiger partial charge is 0.302 e. The van der Waals surface area contributed by atoms with Gasteiger partial charge in [0.1, 0.15) is 31.0 Å². The lowest BCUT2D eigenvalue weighted by molar-refractivity contribution is -0.287. The lowest BCUT2D eigenvalue weighted by atomic mass is 9.99. The first-order valence-electron chi connectivity index (χ1n) is 4.44. The Labute approximate surface area is 85.9 Å². The van der Waals surface area contributed by atoms with Crippen LogP contribution in [0.2, 0.25) is 0 Å². The monoisotopic (exact) mass is 222 g/mol. The summed E-state index contributed by atoms with van der Waals surface area (Å²) in [6.07, 6.45) is -7.18. The molecule has 0 bridgehead atoms. The van der Waals surface area contributed by atoms with Crippen LogP contribution < -0.4 is 0 Å². The number of ether oxygens (including phenoxy) is 2. The molecule has 88 valence electrons. The highest BCUT2D eigenvalue weighted by Gasteiger charge is 2.43. The van der Waals surface area contributed by atoms with Crippen LogP contribution in [0.4, 0.5) is 0 Å². The molecule has 0 radical (unpaired) electrons. The van der Waals surface area contributed by atoms with E-state index in [-0.39, 0.29) is 6.61 Å². The van der Waals surface area contributed by atoms with Gasteiger partial charge in [-0.15, -0.1) is 0 Å². The molecule has 1 saturated heterocycles. The van der Waals surface area contributed by atoms with Crippen LogP contribution in [0, 0.1) is 0 Å². The number of hydrogen-bond acceptors (Lipinski definition) is 7. The van der Waals surface area contributed by atoms with E-state index < -0.39 is 36.7 Å². The molecule has 15 heavy (non-hydrogen) atoms. The Balaban J connectivity index is 2.54. The molecular formula is C8H14O7. The second-order valence-electron chi connectivity index (χ2n) is 3.34. The van der Waals surface area contributed by atoms with Gasteiger partial charge in [0.15, 0.2) is 6.29 Å². The molecule has 1 aliphatic heterocycles. The molecule has 1 rings (SSSR count). The van der Waals surface area contributed by atoms with E-state index >= 15 is 0 Å². The molecule has 0 amide bonds. The highest BCUT2D eigenvalue weighted by Crippen LogP contribution is 2.19. The Morgan fingerprint density at radius 2 is 1.80 bits per heavy atom. The minimum absolute atomic E-state index is 0.294.